The van der Waals surface area contributed by atoms with Gasteiger partial charge in [0, 0.05) is 23.2 Å². The number of benzene rings is 2. The Kier molecular flexibility index (Phi) is 4.21. The fraction of sp³-hybridized carbons (Fsp3) is 0.111. The third-order valence-electron chi connectivity index (χ3n) is 3.55. The lowest BCUT2D eigenvalue weighted by Crippen LogP contribution is -2.06. The molecule has 4 heteroatoms. The quantitative estimate of drug-likeness (QED) is 0.553. The van der Waals surface area contributed by atoms with E-state index in [1.54, 1.807) is 13.0 Å². The van der Waals surface area contributed by atoms with Crippen molar-refractivity contribution in [2.24, 2.45) is 0 Å². The highest BCUT2D eigenvalue weighted by molar-refractivity contribution is 9.15. The normalized spacial score (nSPS) is 13.0. The van der Waals surface area contributed by atoms with Gasteiger partial charge in [-0.2, -0.15) is 0 Å². The number of nitrogens with one attached hydrogen (secondary N) is 1. The molecule has 2 aromatic rings. The van der Waals surface area contributed by atoms with E-state index in [-0.39, 0.29) is 5.78 Å². The van der Waals surface area contributed by atoms with Crippen molar-refractivity contribution in [2.45, 2.75) is 6.92 Å². The molecule has 2 nitrogen and oxygen atoms in total. The first kappa shape index (κ1) is 15.1. The molecular formula is C18H13BrClNO. The summed E-state index contributed by atoms with van der Waals surface area (Å²) in [4.78, 5) is 12.1. The summed E-state index contributed by atoms with van der Waals surface area (Å²) in [5.74, 6) is -0.0114. The van der Waals surface area contributed by atoms with Gasteiger partial charge < -0.3 is 5.32 Å². The largest absolute Gasteiger partial charge is 0.380 e. The zero-order valence-corrected chi connectivity index (χ0v) is 14.3. The van der Waals surface area contributed by atoms with Gasteiger partial charge in [0.1, 0.15) is 0 Å². The van der Waals surface area contributed by atoms with E-state index in [1.165, 1.54) is 0 Å². The number of ketones is 1. The minimum atomic E-state index is -0.0114. The van der Waals surface area contributed by atoms with Crippen LogP contribution in [0.25, 0.3) is 15.6 Å². The molecular weight excluding hydrogens is 362 g/mol. The fourth-order valence-electron chi connectivity index (χ4n) is 2.59. The molecule has 1 aliphatic heterocycles. The highest BCUT2D eigenvalue weighted by Gasteiger charge is 2.22. The Bertz CT molecular complexity index is 821. The average molecular weight is 375 g/mol. The number of Topliss-reactive ketones (excluding diaryl/α,β-unsaturated/α-hetero) is 1. The van der Waals surface area contributed by atoms with E-state index in [2.05, 4.69) is 27.0 Å². The van der Waals surface area contributed by atoms with Crippen LogP contribution in [-0.4, -0.2) is 12.3 Å². The maximum Gasteiger partial charge on any atom is 0.160 e. The standard InChI is InChI=1S/C18H13BrClNO/c1-11(22)13-10-15(20)17-14(19)8-5-9-21-18(17)16(13)12-6-3-2-4-7-12/h2-7,10,21H,9H2,1H3. The summed E-state index contributed by atoms with van der Waals surface area (Å²) in [5.41, 5.74) is 7.31. The molecule has 0 amide bonds. The maximum absolute atomic E-state index is 12.1. The summed E-state index contributed by atoms with van der Waals surface area (Å²) in [5, 5.41) is 3.88. The third kappa shape index (κ3) is 2.64. The first-order valence-corrected chi connectivity index (χ1v) is 8.04. The van der Waals surface area contributed by atoms with Gasteiger partial charge in [0.05, 0.1) is 15.2 Å². The highest BCUT2D eigenvalue weighted by atomic mass is 79.9. The molecule has 1 N–H and O–H groups in total. The van der Waals surface area contributed by atoms with Crippen LogP contribution in [0.2, 0.25) is 5.02 Å². The molecule has 1 heterocycles. The summed E-state index contributed by atoms with van der Waals surface area (Å²) in [6.07, 6.45) is 1.89. The van der Waals surface area contributed by atoms with Crippen LogP contribution in [0.5, 0.6) is 0 Å². The Labute approximate surface area is 142 Å². The second kappa shape index (κ2) is 6.13. The van der Waals surface area contributed by atoms with E-state index >= 15 is 0 Å². The van der Waals surface area contributed by atoms with Crippen molar-refractivity contribution in [1.82, 2.24) is 0 Å². The van der Waals surface area contributed by atoms with E-state index in [0.717, 1.165) is 26.9 Å². The number of rotatable bonds is 2. The first-order valence-electron chi connectivity index (χ1n) is 6.87. The Morgan fingerprint density at radius 3 is 2.68 bits per heavy atom. The zero-order chi connectivity index (χ0) is 15.7. The Morgan fingerprint density at radius 1 is 1.27 bits per heavy atom. The molecule has 110 valence electrons. The van der Waals surface area contributed by atoms with E-state index in [0.29, 0.717) is 17.1 Å². The predicted octanol–water partition coefficient (Wildman–Crippen LogP) is 5.53. The summed E-state index contributed by atoms with van der Waals surface area (Å²) in [6, 6.07) is 11.6. The molecule has 0 fully saturated rings. The lowest BCUT2D eigenvalue weighted by Gasteiger charge is -2.19. The number of hydrogen-bond acceptors (Lipinski definition) is 2. The first-order chi connectivity index (χ1) is 10.6. The van der Waals surface area contributed by atoms with Gasteiger partial charge in [-0.25, -0.2) is 0 Å². The van der Waals surface area contributed by atoms with Crippen LogP contribution in [0, 0.1) is 0 Å². The van der Waals surface area contributed by atoms with Gasteiger partial charge >= 0.3 is 0 Å². The van der Waals surface area contributed by atoms with Crippen molar-refractivity contribution in [3.8, 4) is 11.1 Å². The Morgan fingerprint density at radius 2 is 2.00 bits per heavy atom. The summed E-state index contributed by atoms with van der Waals surface area (Å²) in [6.45, 7) is 2.18. The molecule has 3 rings (SSSR count). The van der Waals surface area contributed by atoms with Gasteiger partial charge in [0.25, 0.3) is 0 Å². The number of hydrogen-bond donors (Lipinski definition) is 1. The molecule has 0 bridgehead atoms. The monoisotopic (exact) mass is 373 g/mol. The maximum atomic E-state index is 12.1. The van der Waals surface area contributed by atoms with Crippen LogP contribution in [-0.2, 0) is 0 Å². The molecule has 0 saturated heterocycles. The fourth-order valence-corrected chi connectivity index (χ4v) is 3.58. The van der Waals surface area contributed by atoms with Crippen LogP contribution >= 0.6 is 27.5 Å². The van der Waals surface area contributed by atoms with Crippen molar-refractivity contribution in [3.05, 3.63) is 64.4 Å². The van der Waals surface area contributed by atoms with Crippen molar-refractivity contribution >= 4 is 43.5 Å². The molecule has 0 atom stereocenters. The van der Waals surface area contributed by atoms with E-state index in [1.807, 2.05) is 36.4 Å². The van der Waals surface area contributed by atoms with Crippen molar-refractivity contribution < 1.29 is 4.79 Å². The lowest BCUT2D eigenvalue weighted by molar-refractivity contribution is 0.101. The number of carbonyl (C=O) groups excluding carboxylic acids is 1. The van der Waals surface area contributed by atoms with Crippen molar-refractivity contribution in [2.75, 3.05) is 11.9 Å². The van der Waals surface area contributed by atoms with E-state index in [4.69, 9.17) is 11.6 Å². The SMILES string of the molecule is CC(=O)c1cc(Cl)c2c(c1-c1ccccc1)NCC=C=C2Br. The van der Waals surface area contributed by atoms with Crippen LogP contribution < -0.4 is 5.32 Å². The smallest absolute Gasteiger partial charge is 0.160 e. The zero-order valence-electron chi connectivity index (χ0n) is 11.9. The molecule has 0 aromatic heterocycles. The van der Waals surface area contributed by atoms with E-state index < -0.39 is 0 Å². The van der Waals surface area contributed by atoms with Gasteiger partial charge in [-0.1, -0.05) is 41.9 Å². The number of fused-ring (bicyclic) bond motifs is 1. The van der Waals surface area contributed by atoms with Gasteiger partial charge in [0.2, 0.25) is 0 Å². The lowest BCUT2D eigenvalue weighted by atomic mass is 9.92. The minimum absolute atomic E-state index is 0.0114. The predicted molar refractivity (Wildman–Crippen MR) is 95.8 cm³/mol. The number of carbonyl (C=O) groups is 1. The number of halogens is 2. The van der Waals surface area contributed by atoms with Crippen molar-refractivity contribution in [3.63, 3.8) is 0 Å². The third-order valence-corrected chi connectivity index (χ3v) is 4.47. The van der Waals surface area contributed by atoms with E-state index in [9.17, 15) is 4.79 Å². The topological polar surface area (TPSA) is 29.1 Å². The molecule has 0 aliphatic carbocycles. The van der Waals surface area contributed by atoms with Crippen LogP contribution in [0.15, 0.2) is 48.2 Å². The number of anilines is 1. The molecule has 2 aromatic carbocycles. The van der Waals surface area contributed by atoms with Crippen LogP contribution in [0.4, 0.5) is 5.69 Å². The van der Waals surface area contributed by atoms with Crippen LogP contribution in [0.1, 0.15) is 22.8 Å². The van der Waals surface area contributed by atoms with Gasteiger partial charge in [0.15, 0.2) is 5.78 Å². The van der Waals surface area contributed by atoms with Gasteiger partial charge in [-0.05, 0) is 40.6 Å². The Balaban J connectivity index is 2.41. The molecule has 0 radical (unpaired) electrons. The van der Waals surface area contributed by atoms with Crippen LogP contribution in [0.3, 0.4) is 0 Å². The van der Waals surface area contributed by atoms with Gasteiger partial charge in [-0.3, -0.25) is 4.79 Å². The molecule has 0 saturated carbocycles. The molecule has 0 spiro atoms. The van der Waals surface area contributed by atoms with Crippen molar-refractivity contribution in [1.29, 1.82) is 0 Å². The second-order valence-corrected chi connectivity index (χ2v) is 6.20. The molecule has 22 heavy (non-hydrogen) atoms. The molecule has 1 aliphatic rings. The Hall–Kier alpha value is -1.80. The minimum Gasteiger partial charge on any atom is -0.380 e. The summed E-state index contributed by atoms with van der Waals surface area (Å²) in [7, 11) is 0. The summed E-state index contributed by atoms with van der Waals surface area (Å²) < 4.78 is 0.782. The highest BCUT2D eigenvalue weighted by Crippen LogP contribution is 2.43. The average Bonchev–Trinajstić information content (AvgIpc) is 2.70. The summed E-state index contributed by atoms with van der Waals surface area (Å²) >= 11 is 9.94. The van der Waals surface area contributed by atoms with Gasteiger partial charge in [-0.15, -0.1) is 5.73 Å². The second-order valence-electron chi connectivity index (χ2n) is 5.00. The molecule has 0 unspecified atom stereocenters.